The third-order valence-corrected chi connectivity index (χ3v) is 5.37. The third kappa shape index (κ3) is 4.56. The minimum Gasteiger partial charge on any atom is -0.457 e. The van der Waals surface area contributed by atoms with Crippen LogP contribution in [0.5, 0.6) is 11.5 Å². The standard InChI is InChI=1S/C13H10O.C9H12O3S/c1-3-7-12-10(5-1)9-11-6-2-4-8-13(11)14-12;1-3-8-6-7(2)4-5-9(8)13(10,11)12/h1-8H,9H2;4-6H,3H2,1-2H3,(H,10,11,12). The number of benzene rings is 3. The van der Waals surface area contributed by atoms with Gasteiger partial charge < -0.3 is 4.74 Å². The van der Waals surface area contributed by atoms with E-state index in [9.17, 15) is 8.42 Å². The summed E-state index contributed by atoms with van der Waals surface area (Å²) in [4.78, 5) is 0.0144. The van der Waals surface area contributed by atoms with Crippen molar-refractivity contribution >= 4 is 10.1 Å². The molecule has 4 rings (SSSR count). The van der Waals surface area contributed by atoms with E-state index in [1.807, 2.05) is 38.1 Å². The molecule has 1 N–H and O–H groups in total. The van der Waals surface area contributed by atoms with Gasteiger partial charge in [-0.2, -0.15) is 8.42 Å². The van der Waals surface area contributed by atoms with Crippen molar-refractivity contribution in [1.82, 2.24) is 0 Å². The van der Waals surface area contributed by atoms with Crippen molar-refractivity contribution in [2.45, 2.75) is 31.6 Å². The van der Waals surface area contributed by atoms with Gasteiger partial charge in [0.25, 0.3) is 10.1 Å². The van der Waals surface area contributed by atoms with E-state index in [1.54, 1.807) is 12.1 Å². The molecule has 5 heteroatoms. The smallest absolute Gasteiger partial charge is 0.294 e. The highest BCUT2D eigenvalue weighted by molar-refractivity contribution is 7.85. The Balaban J connectivity index is 0.000000157. The highest BCUT2D eigenvalue weighted by Crippen LogP contribution is 2.35. The first-order valence-corrected chi connectivity index (χ1v) is 10.2. The van der Waals surface area contributed by atoms with Crippen LogP contribution in [0.3, 0.4) is 0 Å². The van der Waals surface area contributed by atoms with Crippen LogP contribution in [0.25, 0.3) is 0 Å². The molecule has 0 amide bonds. The Labute approximate surface area is 160 Å². The molecule has 0 unspecified atom stereocenters. The second-order valence-electron chi connectivity index (χ2n) is 6.43. The molecule has 0 aromatic heterocycles. The first-order valence-electron chi connectivity index (χ1n) is 8.79. The van der Waals surface area contributed by atoms with Gasteiger partial charge >= 0.3 is 0 Å². The Kier molecular flexibility index (Phi) is 5.63. The summed E-state index contributed by atoms with van der Waals surface area (Å²) < 4.78 is 36.4. The molecular weight excluding hydrogens is 360 g/mol. The number of hydrogen-bond donors (Lipinski definition) is 1. The third-order valence-electron chi connectivity index (χ3n) is 4.42. The van der Waals surface area contributed by atoms with Gasteiger partial charge in [-0.15, -0.1) is 0 Å². The molecule has 1 heterocycles. The second-order valence-corrected chi connectivity index (χ2v) is 7.82. The Hall–Kier alpha value is -2.63. The maximum Gasteiger partial charge on any atom is 0.294 e. The highest BCUT2D eigenvalue weighted by Gasteiger charge is 2.15. The van der Waals surface area contributed by atoms with Gasteiger partial charge in [-0.3, -0.25) is 4.55 Å². The molecule has 0 saturated carbocycles. The van der Waals surface area contributed by atoms with Crippen LogP contribution in [-0.4, -0.2) is 13.0 Å². The monoisotopic (exact) mass is 382 g/mol. The van der Waals surface area contributed by atoms with Crippen molar-refractivity contribution in [2.24, 2.45) is 0 Å². The number of para-hydroxylation sites is 2. The number of ether oxygens (including phenoxy) is 1. The molecule has 0 saturated heterocycles. The van der Waals surface area contributed by atoms with Crippen molar-refractivity contribution in [3.63, 3.8) is 0 Å². The molecule has 0 radical (unpaired) electrons. The van der Waals surface area contributed by atoms with Crippen LogP contribution in [0.15, 0.2) is 71.6 Å². The summed E-state index contributed by atoms with van der Waals surface area (Å²) in [5.74, 6) is 1.98. The van der Waals surface area contributed by atoms with E-state index in [1.165, 1.54) is 17.2 Å². The zero-order chi connectivity index (χ0) is 19.4. The van der Waals surface area contributed by atoms with Gasteiger partial charge in [-0.1, -0.05) is 61.0 Å². The van der Waals surface area contributed by atoms with Crippen LogP contribution in [0.2, 0.25) is 0 Å². The lowest BCUT2D eigenvalue weighted by Crippen LogP contribution is -2.02. The van der Waals surface area contributed by atoms with Gasteiger partial charge in [0.05, 0.1) is 4.90 Å². The van der Waals surface area contributed by atoms with E-state index in [0.29, 0.717) is 12.0 Å². The van der Waals surface area contributed by atoms with Gasteiger partial charge in [-0.25, -0.2) is 0 Å². The van der Waals surface area contributed by atoms with Crippen LogP contribution in [-0.2, 0) is 23.0 Å². The van der Waals surface area contributed by atoms with Crippen molar-refractivity contribution < 1.29 is 17.7 Å². The average molecular weight is 382 g/mol. The summed E-state index contributed by atoms with van der Waals surface area (Å²) in [5, 5.41) is 0. The van der Waals surface area contributed by atoms with E-state index in [2.05, 4.69) is 24.3 Å². The largest absolute Gasteiger partial charge is 0.457 e. The van der Waals surface area contributed by atoms with Gasteiger partial charge in [0.2, 0.25) is 0 Å². The normalized spacial score (nSPS) is 12.1. The molecule has 0 fully saturated rings. The fourth-order valence-electron chi connectivity index (χ4n) is 3.06. The summed E-state index contributed by atoms with van der Waals surface area (Å²) in [5.41, 5.74) is 4.18. The van der Waals surface area contributed by atoms with Gasteiger partial charge in [0.1, 0.15) is 11.5 Å². The molecule has 140 valence electrons. The SMILES string of the molecule is CCc1cc(C)ccc1S(=O)(=O)O.c1ccc2c(c1)Cc1ccccc1O2. The first kappa shape index (κ1) is 19.1. The molecule has 3 aromatic carbocycles. The topological polar surface area (TPSA) is 63.6 Å². The lowest BCUT2D eigenvalue weighted by Gasteiger charge is -2.19. The zero-order valence-electron chi connectivity index (χ0n) is 15.3. The van der Waals surface area contributed by atoms with Crippen LogP contribution >= 0.6 is 0 Å². The number of aryl methyl sites for hydroxylation is 2. The molecule has 0 bridgehead atoms. The first-order chi connectivity index (χ1) is 12.9. The molecule has 0 spiro atoms. The van der Waals surface area contributed by atoms with Crippen molar-refractivity contribution in [2.75, 3.05) is 0 Å². The average Bonchev–Trinajstić information content (AvgIpc) is 2.65. The van der Waals surface area contributed by atoms with Crippen molar-refractivity contribution in [3.05, 3.63) is 89.0 Å². The lowest BCUT2D eigenvalue weighted by atomic mass is 10.0. The second kappa shape index (κ2) is 7.94. The molecule has 0 aliphatic carbocycles. The number of hydrogen-bond acceptors (Lipinski definition) is 3. The number of rotatable bonds is 2. The molecular formula is C22H22O4S. The van der Waals surface area contributed by atoms with Gasteiger partial charge in [0.15, 0.2) is 0 Å². The summed E-state index contributed by atoms with van der Waals surface area (Å²) >= 11 is 0. The van der Waals surface area contributed by atoms with E-state index in [4.69, 9.17) is 9.29 Å². The Morgan fingerprint density at radius 1 is 0.926 bits per heavy atom. The van der Waals surface area contributed by atoms with E-state index in [0.717, 1.165) is 23.5 Å². The fraction of sp³-hybridized carbons (Fsp3) is 0.182. The number of fused-ring (bicyclic) bond motifs is 2. The van der Waals surface area contributed by atoms with Crippen molar-refractivity contribution in [3.8, 4) is 11.5 Å². The lowest BCUT2D eigenvalue weighted by molar-refractivity contribution is 0.460. The summed E-state index contributed by atoms with van der Waals surface area (Å²) in [6.07, 6.45) is 1.57. The molecule has 27 heavy (non-hydrogen) atoms. The Bertz CT molecular complexity index is 968. The maximum atomic E-state index is 10.9. The van der Waals surface area contributed by atoms with Crippen LogP contribution in [0, 0.1) is 6.92 Å². The quantitative estimate of drug-likeness (QED) is 0.485. The van der Waals surface area contributed by atoms with E-state index >= 15 is 0 Å². The fourth-order valence-corrected chi connectivity index (χ4v) is 3.83. The molecule has 1 aliphatic rings. The summed E-state index contributed by atoms with van der Waals surface area (Å²) in [7, 11) is -4.06. The van der Waals surface area contributed by atoms with Crippen LogP contribution < -0.4 is 4.74 Å². The van der Waals surface area contributed by atoms with Gasteiger partial charge in [-0.05, 0) is 48.2 Å². The molecule has 3 aromatic rings. The van der Waals surface area contributed by atoms with Gasteiger partial charge in [0, 0.05) is 6.42 Å². The molecule has 0 atom stereocenters. The Morgan fingerprint density at radius 3 is 2.00 bits per heavy atom. The van der Waals surface area contributed by atoms with Crippen molar-refractivity contribution in [1.29, 1.82) is 0 Å². The minimum atomic E-state index is -4.06. The van der Waals surface area contributed by atoms with Crippen LogP contribution in [0.4, 0.5) is 0 Å². The minimum absolute atomic E-state index is 0.0144. The highest BCUT2D eigenvalue weighted by atomic mass is 32.2. The zero-order valence-corrected chi connectivity index (χ0v) is 16.2. The van der Waals surface area contributed by atoms with Crippen LogP contribution in [0.1, 0.15) is 29.2 Å². The summed E-state index contributed by atoms with van der Waals surface area (Å²) in [6, 6.07) is 21.3. The van der Waals surface area contributed by atoms with E-state index < -0.39 is 10.1 Å². The predicted octanol–water partition coefficient (Wildman–Crippen LogP) is 5.19. The Morgan fingerprint density at radius 2 is 1.48 bits per heavy atom. The van der Waals surface area contributed by atoms with E-state index in [-0.39, 0.29) is 4.90 Å². The maximum absolute atomic E-state index is 10.9. The molecule has 4 nitrogen and oxygen atoms in total. The molecule has 1 aliphatic heterocycles. The summed E-state index contributed by atoms with van der Waals surface area (Å²) in [6.45, 7) is 3.73. The predicted molar refractivity (Wildman–Crippen MR) is 106 cm³/mol.